The molecule has 0 aromatic rings. The highest BCUT2D eigenvalue weighted by atomic mass is 32.2. The van der Waals surface area contributed by atoms with Gasteiger partial charge in [0.2, 0.25) is 0 Å². The molecule has 2 N–H and O–H groups in total. The van der Waals surface area contributed by atoms with Crippen molar-refractivity contribution in [3.05, 3.63) is 12.2 Å². The highest BCUT2D eigenvalue weighted by molar-refractivity contribution is 7.82. The quantitative estimate of drug-likeness (QED) is 0.619. The molecule has 3 heteroatoms. The van der Waals surface area contributed by atoms with Crippen LogP contribution in [0, 0.1) is 5.92 Å². The zero-order chi connectivity index (χ0) is 7.98. The van der Waals surface area contributed by atoms with Gasteiger partial charge in [0.1, 0.15) is 0 Å². The first-order valence-corrected chi connectivity index (χ1v) is 4.79. The Morgan fingerprint density at radius 3 is 2.70 bits per heavy atom. The minimum atomic E-state index is -1.13. The first-order valence-electron chi connectivity index (χ1n) is 3.40. The predicted molar refractivity (Wildman–Crippen MR) is 45.8 cm³/mol. The Morgan fingerprint density at radius 2 is 2.30 bits per heavy atom. The van der Waals surface area contributed by atoms with Gasteiger partial charge in [-0.15, -0.1) is 0 Å². The fourth-order valence-electron chi connectivity index (χ4n) is 0.717. The molecule has 0 aliphatic heterocycles. The monoisotopic (exact) mass is 161 g/mol. The smallest absolute Gasteiger partial charge is 0.0890 e. The highest BCUT2D eigenvalue weighted by Crippen LogP contribution is 2.02. The normalized spacial score (nSPS) is 17.5. The van der Waals surface area contributed by atoms with Crippen LogP contribution < -0.4 is 5.14 Å². The van der Waals surface area contributed by atoms with Crippen LogP contribution >= 0.6 is 0 Å². The molecular formula is C7H15NOS. The van der Waals surface area contributed by atoms with Gasteiger partial charge in [-0.3, -0.25) is 5.14 Å². The van der Waals surface area contributed by atoms with E-state index in [9.17, 15) is 4.21 Å². The summed E-state index contributed by atoms with van der Waals surface area (Å²) in [5.41, 5.74) is 0. The van der Waals surface area contributed by atoms with E-state index in [1.807, 2.05) is 19.9 Å². The lowest BCUT2D eigenvalue weighted by molar-refractivity contribution is 0.641. The van der Waals surface area contributed by atoms with Crippen molar-refractivity contribution < 1.29 is 4.21 Å². The maximum atomic E-state index is 10.5. The van der Waals surface area contributed by atoms with Crippen molar-refractivity contribution in [2.75, 3.05) is 5.75 Å². The lowest BCUT2D eigenvalue weighted by atomic mass is 10.1. The zero-order valence-electron chi connectivity index (χ0n) is 6.54. The second-order valence-corrected chi connectivity index (χ2v) is 3.55. The van der Waals surface area contributed by atoms with E-state index >= 15 is 0 Å². The Hall–Kier alpha value is -0.150. The third kappa shape index (κ3) is 5.98. The summed E-state index contributed by atoms with van der Waals surface area (Å²) in [6.45, 7) is 4.02. The molecule has 0 aromatic heterocycles. The summed E-state index contributed by atoms with van der Waals surface area (Å²) in [6, 6.07) is 0. The SMILES string of the molecule is C/C=C\C[C@H](C)CS(N)=O. The molecule has 0 aliphatic carbocycles. The molecule has 0 saturated heterocycles. The topological polar surface area (TPSA) is 43.1 Å². The van der Waals surface area contributed by atoms with Gasteiger partial charge in [-0.05, 0) is 19.3 Å². The average Bonchev–Trinajstić information content (AvgIpc) is 1.82. The van der Waals surface area contributed by atoms with Crippen molar-refractivity contribution in [3.63, 3.8) is 0 Å². The van der Waals surface area contributed by atoms with E-state index in [-0.39, 0.29) is 0 Å². The summed E-state index contributed by atoms with van der Waals surface area (Å²) in [5.74, 6) is 1.03. The molecule has 0 amide bonds. The van der Waals surface area contributed by atoms with Crippen LogP contribution in [0.5, 0.6) is 0 Å². The van der Waals surface area contributed by atoms with Gasteiger partial charge in [0, 0.05) is 5.75 Å². The van der Waals surface area contributed by atoms with Crippen LogP contribution in [0.4, 0.5) is 0 Å². The molecule has 60 valence electrons. The van der Waals surface area contributed by atoms with Crippen LogP contribution in [-0.4, -0.2) is 9.96 Å². The van der Waals surface area contributed by atoms with Crippen LogP contribution in [0.1, 0.15) is 20.3 Å². The molecule has 0 aromatic carbocycles. The van der Waals surface area contributed by atoms with Gasteiger partial charge in [-0.1, -0.05) is 19.1 Å². The minimum Gasteiger partial charge on any atom is -0.252 e. The predicted octanol–water partition coefficient (Wildman–Crippen LogP) is 1.21. The van der Waals surface area contributed by atoms with E-state index in [2.05, 4.69) is 6.08 Å². The fraction of sp³-hybridized carbons (Fsp3) is 0.714. The average molecular weight is 161 g/mol. The van der Waals surface area contributed by atoms with Crippen LogP contribution in [0.2, 0.25) is 0 Å². The second kappa shape index (κ2) is 5.62. The van der Waals surface area contributed by atoms with Crippen LogP contribution in [0.15, 0.2) is 12.2 Å². The van der Waals surface area contributed by atoms with Crippen molar-refractivity contribution in [1.29, 1.82) is 0 Å². The van der Waals surface area contributed by atoms with Crippen molar-refractivity contribution in [3.8, 4) is 0 Å². The summed E-state index contributed by atoms with van der Waals surface area (Å²) in [7, 11) is -1.13. The molecule has 0 radical (unpaired) electrons. The summed E-state index contributed by atoms with van der Waals surface area (Å²) < 4.78 is 10.5. The molecule has 0 spiro atoms. The van der Waals surface area contributed by atoms with Gasteiger partial charge in [-0.2, -0.15) is 0 Å². The Labute approximate surface area is 65.1 Å². The third-order valence-corrected chi connectivity index (χ3v) is 2.12. The molecule has 2 atom stereocenters. The standard InChI is InChI=1S/C7H15NOS/c1-3-4-5-7(2)6-10(8)9/h3-4,7H,5-6,8H2,1-2H3/b4-3-/t7-,10?/m0/s1. The highest BCUT2D eigenvalue weighted by Gasteiger charge is 2.01. The second-order valence-electron chi connectivity index (χ2n) is 2.46. The van der Waals surface area contributed by atoms with E-state index in [0.29, 0.717) is 11.7 Å². The first kappa shape index (κ1) is 9.85. The third-order valence-electron chi connectivity index (χ3n) is 1.22. The van der Waals surface area contributed by atoms with E-state index in [1.54, 1.807) is 0 Å². The molecule has 0 saturated carbocycles. The number of allylic oxidation sites excluding steroid dienone is 2. The number of hydrogen-bond acceptors (Lipinski definition) is 1. The first-order chi connectivity index (χ1) is 4.66. The molecule has 0 aliphatic rings. The lowest BCUT2D eigenvalue weighted by Gasteiger charge is -2.03. The van der Waals surface area contributed by atoms with Gasteiger partial charge in [-0.25, -0.2) is 4.21 Å². The van der Waals surface area contributed by atoms with Crippen LogP contribution in [0.25, 0.3) is 0 Å². The number of nitrogens with two attached hydrogens (primary N) is 1. The Bertz CT molecular complexity index is 134. The summed E-state index contributed by atoms with van der Waals surface area (Å²) in [4.78, 5) is 0. The summed E-state index contributed by atoms with van der Waals surface area (Å²) >= 11 is 0. The van der Waals surface area contributed by atoms with Crippen molar-refractivity contribution in [2.45, 2.75) is 20.3 Å². The van der Waals surface area contributed by atoms with Crippen molar-refractivity contribution in [1.82, 2.24) is 0 Å². The summed E-state index contributed by atoms with van der Waals surface area (Å²) in [5, 5.41) is 5.11. The fourth-order valence-corrected chi connectivity index (χ4v) is 1.41. The van der Waals surface area contributed by atoms with Crippen LogP contribution in [-0.2, 0) is 11.0 Å². The molecule has 0 rings (SSSR count). The molecule has 0 bridgehead atoms. The van der Waals surface area contributed by atoms with Gasteiger partial charge < -0.3 is 0 Å². The number of rotatable bonds is 4. The van der Waals surface area contributed by atoms with Crippen molar-refractivity contribution in [2.24, 2.45) is 11.1 Å². The minimum absolute atomic E-state index is 0.432. The van der Waals surface area contributed by atoms with Gasteiger partial charge in [0.15, 0.2) is 0 Å². The van der Waals surface area contributed by atoms with Crippen molar-refractivity contribution >= 4 is 11.0 Å². The van der Waals surface area contributed by atoms with E-state index < -0.39 is 11.0 Å². The summed E-state index contributed by atoms with van der Waals surface area (Å²) in [6.07, 6.45) is 5.03. The lowest BCUT2D eigenvalue weighted by Crippen LogP contribution is -2.13. The Kier molecular flexibility index (Phi) is 5.54. The zero-order valence-corrected chi connectivity index (χ0v) is 7.36. The molecule has 10 heavy (non-hydrogen) atoms. The van der Waals surface area contributed by atoms with Gasteiger partial charge in [0.25, 0.3) is 0 Å². The Balaban J connectivity index is 3.43. The largest absolute Gasteiger partial charge is 0.252 e. The van der Waals surface area contributed by atoms with Gasteiger partial charge in [0.05, 0.1) is 11.0 Å². The van der Waals surface area contributed by atoms with E-state index in [0.717, 1.165) is 6.42 Å². The molecule has 0 heterocycles. The maximum Gasteiger partial charge on any atom is 0.0890 e. The van der Waals surface area contributed by atoms with E-state index in [1.165, 1.54) is 0 Å². The molecule has 0 fully saturated rings. The maximum absolute atomic E-state index is 10.5. The van der Waals surface area contributed by atoms with E-state index in [4.69, 9.17) is 5.14 Å². The Morgan fingerprint density at radius 1 is 1.70 bits per heavy atom. The molecule has 2 nitrogen and oxygen atoms in total. The molecular weight excluding hydrogens is 146 g/mol. The number of hydrogen-bond donors (Lipinski definition) is 1. The van der Waals surface area contributed by atoms with Crippen LogP contribution in [0.3, 0.4) is 0 Å². The molecule has 1 unspecified atom stereocenters. The van der Waals surface area contributed by atoms with Gasteiger partial charge >= 0.3 is 0 Å².